The molecule has 0 aliphatic heterocycles. The van der Waals surface area contributed by atoms with Crippen LogP contribution in [0.4, 0.5) is 4.39 Å². The van der Waals surface area contributed by atoms with Crippen LogP contribution in [-0.4, -0.2) is 7.05 Å². The summed E-state index contributed by atoms with van der Waals surface area (Å²) in [7, 11) is 1.93. The standard InChI is InChI=1S/C15H14BrFIN/c1-19-15(13-4-2-3-5-14(13)18)8-10-6-11(16)9-12(17)7-10/h2-7,9,15,19H,8H2,1H3. The molecule has 0 fully saturated rings. The first-order chi connectivity index (χ1) is 9.10. The number of hydrogen-bond donors (Lipinski definition) is 1. The minimum Gasteiger partial charge on any atom is -0.313 e. The number of likely N-dealkylation sites (N-methyl/N-ethyl adjacent to an activating group) is 1. The molecule has 0 radical (unpaired) electrons. The molecule has 0 saturated heterocycles. The fourth-order valence-electron chi connectivity index (χ4n) is 2.09. The van der Waals surface area contributed by atoms with Crippen LogP contribution in [0, 0.1) is 9.39 Å². The fourth-order valence-corrected chi connectivity index (χ4v) is 3.37. The molecule has 4 heteroatoms. The van der Waals surface area contributed by atoms with Crippen LogP contribution in [0.5, 0.6) is 0 Å². The van der Waals surface area contributed by atoms with Crippen molar-refractivity contribution in [3.8, 4) is 0 Å². The Kier molecular flexibility index (Phi) is 5.36. The van der Waals surface area contributed by atoms with Gasteiger partial charge in [-0.2, -0.15) is 0 Å². The molecule has 0 heterocycles. The molecule has 19 heavy (non-hydrogen) atoms. The molecular formula is C15H14BrFIN. The van der Waals surface area contributed by atoms with Crippen molar-refractivity contribution in [2.75, 3.05) is 7.05 Å². The Morgan fingerprint density at radius 2 is 2.00 bits per heavy atom. The van der Waals surface area contributed by atoms with Crippen molar-refractivity contribution in [3.63, 3.8) is 0 Å². The van der Waals surface area contributed by atoms with Crippen LogP contribution < -0.4 is 5.32 Å². The van der Waals surface area contributed by atoms with E-state index in [2.05, 4.69) is 56.0 Å². The van der Waals surface area contributed by atoms with E-state index in [-0.39, 0.29) is 11.9 Å². The Bertz CT molecular complexity index is 554. The van der Waals surface area contributed by atoms with Crippen LogP contribution in [0.25, 0.3) is 0 Å². The molecule has 0 aliphatic carbocycles. The second kappa shape index (κ2) is 6.81. The van der Waals surface area contributed by atoms with Crippen molar-refractivity contribution in [2.45, 2.75) is 12.5 Å². The van der Waals surface area contributed by atoms with Gasteiger partial charge in [0, 0.05) is 14.1 Å². The predicted molar refractivity (Wildman–Crippen MR) is 88.8 cm³/mol. The fraction of sp³-hybridized carbons (Fsp3) is 0.200. The molecule has 1 unspecified atom stereocenters. The molecule has 0 aliphatic rings. The molecule has 0 bridgehead atoms. The van der Waals surface area contributed by atoms with Crippen molar-refractivity contribution in [1.29, 1.82) is 0 Å². The lowest BCUT2D eigenvalue weighted by molar-refractivity contribution is 0.581. The Balaban J connectivity index is 2.26. The van der Waals surface area contributed by atoms with E-state index in [1.165, 1.54) is 15.2 Å². The zero-order valence-electron chi connectivity index (χ0n) is 10.5. The van der Waals surface area contributed by atoms with Gasteiger partial charge in [-0.25, -0.2) is 4.39 Å². The third-order valence-corrected chi connectivity index (χ3v) is 4.43. The van der Waals surface area contributed by atoms with Crippen molar-refractivity contribution in [1.82, 2.24) is 5.32 Å². The van der Waals surface area contributed by atoms with Gasteiger partial charge in [-0.1, -0.05) is 34.1 Å². The number of benzene rings is 2. The summed E-state index contributed by atoms with van der Waals surface area (Å²) >= 11 is 5.67. The van der Waals surface area contributed by atoms with Gasteiger partial charge in [-0.05, 0) is 71.5 Å². The number of rotatable bonds is 4. The number of halogens is 3. The molecule has 2 aromatic carbocycles. The van der Waals surface area contributed by atoms with Gasteiger partial charge in [0.15, 0.2) is 0 Å². The molecule has 0 aromatic heterocycles. The summed E-state index contributed by atoms with van der Waals surface area (Å²) in [5.74, 6) is -0.206. The monoisotopic (exact) mass is 433 g/mol. The van der Waals surface area contributed by atoms with Gasteiger partial charge in [0.25, 0.3) is 0 Å². The third kappa shape index (κ3) is 4.00. The lowest BCUT2D eigenvalue weighted by Crippen LogP contribution is -2.19. The van der Waals surface area contributed by atoms with Crippen molar-refractivity contribution in [3.05, 3.63) is 67.5 Å². The maximum absolute atomic E-state index is 13.4. The molecule has 1 N–H and O–H groups in total. The number of hydrogen-bond acceptors (Lipinski definition) is 1. The summed E-state index contributed by atoms with van der Waals surface area (Å²) in [6.07, 6.45) is 0.757. The van der Waals surface area contributed by atoms with Crippen LogP contribution in [0.2, 0.25) is 0 Å². The van der Waals surface area contributed by atoms with Crippen molar-refractivity contribution in [2.24, 2.45) is 0 Å². The summed E-state index contributed by atoms with van der Waals surface area (Å²) in [5.41, 5.74) is 2.22. The van der Waals surface area contributed by atoms with Gasteiger partial charge < -0.3 is 5.32 Å². The first-order valence-electron chi connectivity index (χ1n) is 5.97. The summed E-state index contributed by atoms with van der Waals surface area (Å²) in [4.78, 5) is 0. The maximum atomic E-state index is 13.4. The highest BCUT2D eigenvalue weighted by Gasteiger charge is 2.13. The van der Waals surface area contributed by atoms with Crippen LogP contribution >= 0.6 is 38.5 Å². The normalized spacial score (nSPS) is 12.4. The van der Waals surface area contributed by atoms with E-state index < -0.39 is 0 Å². The minimum atomic E-state index is -0.206. The zero-order chi connectivity index (χ0) is 13.8. The molecule has 2 aromatic rings. The highest BCUT2D eigenvalue weighted by Crippen LogP contribution is 2.25. The summed E-state index contributed by atoms with van der Waals surface area (Å²) in [6.45, 7) is 0. The predicted octanol–water partition coefficient (Wildman–Crippen LogP) is 4.70. The van der Waals surface area contributed by atoms with E-state index in [0.717, 1.165) is 16.5 Å². The summed E-state index contributed by atoms with van der Waals surface area (Å²) in [6, 6.07) is 13.5. The van der Waals surface area contributed by atoms with E-state index in [0.29, 0.717) is 0 Å². The topological polar surface area (TPSA) is 12.0 Å². The van der Waals surface area contributed by atoms with Crippen LogP contribution in [0.3, 0.4) is 0 Å². The average molecular weight is 434 g/mol. The largest absolute Gasteiger partial charge is 0.313 e. The van der Waals surface area contributed by atoms with Crippen LogP contribution in [0.15, 0.2) is 46.9 Å². The van der Waals surface area contributed by atoms with E-state index in [9.17, 15) is 4.39 Å². The first kappa shape index (κ1) is 14.9. The Morgan fingerprint density at radius 3 is 2.63 bits per heavy atom. The Labute approximate surface area is 134 Å². The highest BCUT2D eigenvalue weighted by molar-refractivity contribution is 14.1. The molecule has 0 amide bonds. The van der Waals surface area contributed by atoms with Crippen molar-refractivity contribution < 1.29 is 4.39 Å². The van der Waals surface area contributed by atoms with E-state index in [1.54, 1.807) is 6.07 Å². The summed E-state index contributed by atoms with van der Waals surface area (Å²) in [5, 5.41) is 3.30. The molecule has 1 atom stereocenters. The minimum absolute atomic E-state index is 0.182. The Morgan fingerprint density at radius 1 is 1.26 bits per heavy atom. The van der Waals surface area contributed by atoms with Gasteiger partial charge >= 0.3 is 0 Å². The van der Waals surface area contributed by atoms with Crippen LogP contribution in [0.1, 0.15) is 17.2 Å². The zero-order valence-corrected chi connectivity index (χ0v) is 14.2. The lowest BCUT2D eigenvalue weighted by atomic mass is 9.99. The second-order valence-corrected chi connectivity index (χ2v) is 6.42. The van der Waals surface area contributed by atoms with Gasteiger partial charge in [-0.15, -0.1) is 0 Å². The van der Waals surface area contributed by atoms with E-state index in [4.69, 9.17) is 0 Å². The van der Waals surface area contributed by atoms with Crippen molar-refractivity contribution >= 4 is 38.5 Å². The third-order valence-electron chi connectivity index (χ3n) is 2.99. The maximum Gasteiger partial charge on any atom is 0.124 e. The molecule has 100 valence electrons. The quantitative estimate of drug-likeness (QED) is 0.689. The van der Waals surface area contributed by atoms with Gasteiger partial charge in [0.2, 0.25) is 0 Å². The second-order valence-electron chi connectivity index (χ2n) is 4.34. The molecule has 0 spiro atoms. The molecule has 2 rings (SSSR count). The smallest absolute Gasteiger partial charge is 0.124 e. The molecule has 1 nitrogen and oxygen atoms in total. The molecule has 0 saturated carbocycles. The van der Waals surface area contributed by atoms with Crippen LogP contribution in [-0.2, 0) is 6.42 Å². The lowest BCUT2D eigenvalue weighted by Gasteiger charge is -2.18. The first-order valence-corrected chi connectivity index (χ1v) is 7.84. The molecular weight excluding hydrogens is 420 g/mol. The SMILES string of the molecule is CNC(Cc1cc(F)cc(Br)c1)c1ccccc1I. The highest BCUT2D eigenvalue weighted by atomic mass is 127. The van der Waals surface area contributed by atoms with E-state index in [1.807, 2.05) is 25.2 Å². The summed E-state index contributed by atoms with van der Waals surface area (Å²) < 4.78 is 15.4. The van der Waals surface area contributed by atoms with Gasteiger partial charge in [0.1, 0.15) is 5.82 Å². The average Bonchev–Trinajstić information content (AvgIpc) is 2.36. The number of nitrogens with one attached hydrogen (secondary N) is 1. The Hall–Kier alpha value is -0.460. The van der Waals surface area contributed by atoms with Gasteiger partial charge in [0.05, 0.1) is 0 Å². The van der Waals surface area contributed by atoms with E-state index >= 15 is 0 Å². The van der Waals surface area contributed by atoms with Gasteiger partial charge in [-0.3, -0.25) is 0 Å².